The zero-order valence-corrected chi connectivity index (χ0v) is 10.4. The van der Waals surface area contributed by atoms with Crippen LogP contribution in [0.25, 0.3) is 0 Å². The molecule has 86 valence electrons. The van der Waals surface area contributed by atoms with Crippen molar-refractivity contribution in [2.75, 3.05) is 12.3 Å². The summed E-state index contributed by atoms with van der Waals surface area (Å²) < 4.78 is 21.4. The first-order valence-corrected chi connectivity index (χ1v) is 7.13. The molecule has 1 rings (SSSR count). The molecule has 0 aliphatic rings. The largest absolute Gasteiger partial charge is 0.308 e. The zero-order chi connectivity index (χ0) is 11.5. The molecule has 0 aromatic carbocycles. The summed E-state index contributed by atoms with van der Waals surface area (Å²) in [4.78, 5) is 5.26. The van der Waals surface area contributed by atoms with Gasteiger partial charge in [-0.05, 0) is 13.8 Å². The molecule has 7 heteroatoms. The highest BCUT2D eigenvalue weighted by Crippen LogP contribution is 2.20. The van der Waals surface area contributed by atoms with Gasteiger partial charge in [-0.25, -0.2) is 18.5 Å². The highest BCUT2D eigenvalue weighted by atomic mass is 32.2. The van der Waals surface area contributed by atoms with Crippen LogP contribution in [-0.2, 0) is 10.0 Å². The lowest BCUT2D eigenvalue weighted by Crippen LogP contribution is -2.28. The van der Waals surface area contributed by atoms with Crippen molar-refractivity contribution in [2.24, 2.45) is 5.14 Å². The van der Waals surface area contributed by atoms with E-state index in [2.05, 4.69) is 10.3 Å². The highest BCUT2D eigenvalue weighted by Gasteiger charge is 2.11. The summed E-state index contributed by atoms with van der Waals surface area (Å²) in [6.45, 7) is 4.27. The minimum Gasteiger partial charge on any atom is -0.308 e. The molecule has 1 unspecified atom stereocenters. The number of nitrogens with zero attached hydrogens (tertiary/aromatic N) is 1. The van der Waals surface area contributed by atoms with Crippen LogP contribution in [0.4, 0.5) is 0 Å². The quantitative estimate of drug-likeness (QED) is 0.790. The van der Waals surface area contributed by atoms with Crippen molar-refractivity contribution in [2.45, 2.75) is 19.9 Å². The summed E-state index contributed by atoms with van der Waals surface area (Å²) in [5.41, 5.74) is 2.76. The Morgan fingerprint density at radius 1 is 1.67 bits per heavy atom. The van der Waals surface area contributed by atoms with Gasteiger partial charge in [0, 0.05) is 17.5 Å². The summed E-state index contributed by atoms with van der Waals surface area (Å²) in [7, 11) is -3.37. The Morgan fingerprint density at radius 2 is 2.33 bits per heavy atom. The fourth-order valence-electron chi connectivity index (χ4n) is 1.24. The molecule has 1 aromatic rings. The first-order valence-electron chi connectivity index (χ1n) is 4.54. The van der Waals surface area contributed by atoms with E-state index >= 15 is 0 Å². The van der Waals surface area contributed by atoms with Crippen molar-refractivity contribution in [3.8, 4) is 0 Å². The molecule has 1 aromatic heterocycles. The van der Waals surface area contributed by atoms with E-state index in [1.165, 1.54) is 0 Å². The van der Waals surface area contributed by atoms with Gasteiger partial charge in [-0.15, -0.1) is 11.3 Å². The smallest absolute Gasteiger partial charge is 0.210 e. The predicted octanol–water partition coefficient (Wildman–Crippen LogP) is 0.391. The van der Waals surface area contributed by atoms with E-state index in [1.807, 2.05) is 13.8 Å². The molecule has 0 bridgehead atoms. The molecule has 0 amide bonds. The number of hydrogen-bond donors (Lipinski definition) is 2. The van der Waals surface area contributed by atoms with Crippen LogP contribution in [0.3, 0.4) is 0 Å². The lowest BCUT2D eigenvalue weighted by atomic mass is 10.2. The molecule has 0 saturated carbocycles. The van der Waals surface area contributed by atoms with Gasteiger partial charge in [0.25, 0.3) is 0 Å². The molecule has 1 heterocycles. The van der Waals surface area contributed by atoms with Crippen LogP contribution in [0, 0.1) is 6.92 Å². The highest BCUT2D eigenvalue weighted by molar-refractivity contribution is 7.89. The Bertz CT molecular complexity index is 413. The third kappa shape index (κ3) is 4.25. The molecule has 1 atom stereocenters. The first kappa shape index (κ1) is 12.6. The molecule has 0 aliphatic heterocycles. The summed E-state index contributed by atoms with van der Waals surface area (Å²) in [5.74, 6) is -0.0464. The predicted molar refractivity (Wildman–Crippen MR) is 61.2 cm³/mol. The van der Waals surface area contributed by atoms with Crippen LogP contribution in [0.1, 0.15) is 23.5 Å². The monoisotopic (exact) mass is 249 g/mol. The van der Waals surface area contributed by atoms with Crippen LogP contribution in [0.15, 0.2) is 5.51 Å². The maximum absolute atomic E-state index is 10.7. The molecule has 0 spiro atoms. The van der Waals surface area contributed by atoms with Gasteiger partial charge in [-0.2, -0.15) is 0 Å². The second-order valence-corrected chi connectivity index (χ2v) is 5.97. The SMILES string of the molecule is Cc1ncsc1C(C)NCCS(N)(=O)=O. The third-order valence-electron chi connectivity index (χ3n) is 2.01. The van der Waals surface area contributed by atoms with E-state index in [0.717, 1.165) is 10.6 Å². The molecule has 0 radical (unpaired) electrons. The summed E-state index contributed by atoms with van der Waals surface area (Å²) in [6.07, 6.45) is 0. The number of thiazole rings is 1. The summed E-state index contributed by atoms with van der Waals surface area (Å²) in [5, 5.41) is 7.99. The van der Waals surface area contributed by atoms with E-state index in [9.17, 15) is 8.42 Å². The maximum atomic E-state index is 10.7. The topological polar surface area (TPSA) is 85.1 Å². The Balaban J connectivity index is 2.44. The summed E-state index contributed by atoms with van der Waals surface area (Å²) >= 11 is 1.56. The Morgan fingerprint density at radius 3 is 2.80 bits per heavy atom. The van der Waals surface area contributed by atoms with Crippen molar-refractivity contribution in [1.82, 2.24) is 10.3 Å². The molecule has 5 nitrogen and oxygen atoms in total. The van der Waals surface area contributed by atoms with Gasteiger partial charge in [0.2, 0.25) is 10.0 Å². The van der Waals surface area contributed by atoms with Crippen LogP contribution < -0.4 is 10.5 Å². The fraction of sp³-hybridized carbons (Fsp3) is 0.625. The fourth-order valence-corrected chi connectivity index (χ4v) is 2.47. The zero-order valence-electron chi connectivity index (χ0n) is 8.73. The minimum absolute atomic E-state index is 0.0464. The number of nitrogens with one attached hydrogen (secondary N) is 1. The van der Waals surface area contributed by atoms with Crippen LogP contribution in [0.2, 0.25) is 0 Å². The average Bonchev–Trinajstić information content (AvgIpc) is 2.48. The average molecular weight is 249 g/mol. The number of aryl methyl sites for hydroxylation is 1. The third-order valence-corrected chi connectivity index (χ3v) is 3.90. The Labute approximate surface area is 93.8 Å². The molecule has 0 fully saturated rings. The number of hydrogen-bond acceptors (Lipinski definition) is 5. The Hall–Kier alpha value is -0.500. The number of sulfonamides is 1. The second kappa shape index (κ2) is 5.02. The molecule has 3 N–H and O–H groups in total. The van der Waals surface area contributed by atoms with Crippen molar-refractivity contribution in [3.05, 3.63) is 16.1 Å². The van der Waals surface area contributed by atoms with Gasteiger partial charge >= 0.3 is 0 Å². The van der Waals surface area contributed by atoms with Gasteiger partial charge in [-0.3, -0.25) is 0 Å². The number of rotatable bonds is 5. The molecule has 15 heavy (non-hydrogen) atoms. The van der Waals surface area contributed by atoms with Gasteiger partial charge < -0.3 is 5.32 Å². The normalized spacial score (nSPS) is 14.1. The van der Waals surface area contributed by atoms with Gasteiger partial charge in [0.15, 0.2) is 0 Å². The van der Waals surface area contributed by atoms with E-state index in [-0.39, 0.29) is 11.8 Å². The first-order chi connectivity index (χ1) is 6.90. The van der Waals surface area contributed by atoms with Crippen molar-refractivity contribution in [1.29, 1.82) is 0 Å². The van der Waals surface area contributed by atoms with Crippen molar-refractivity contribution < 1.29 is 8.42 Å². The standard InChI is InChI=1S/C8H15N3O2S2/c1-6(8-7(2)11-5-14-8)10-3-4-15(9,12)13/h5-6,10H,3-4H2,1-2H3,(H2,9,12,13). The van der Waals surface area contributed by atoms with Gasteiger partial charge in [-0.1, -0.05) is 0 Å². The van der Waals surface area contributed by atoms with E-state index in [4.69, 9.17) is 5.14 Å². The number of aromatic nitrogens is 1. The van der Waals surface area contributed by atoms with Crippen molar-refractivity contribution >= 4 is 21.4 Å². The summed E-state index contributed by atoms with van der Waals surface area (Å²) in [6, 6.07) is 0.110. The molecule has 0 aliphatic carbocycles. The van der Waals surface area contributed by atoms with Gasteiger partial charge in [0.1, 0.15) is 0 Å². The van der Waals surface area contributed by atoms with Crippen molar-refractivity contribution in [3.63, 3.8) is 0 Å². The minimum atomic E-state index is -3.37. The van der Waals surface area contributed by atoms with Crippen LogP contribution in [-0.4, -0.2) is 25.7 Å². The van der Waals surface area contributed by atoms with Crippen LogP contribution >= 0.6 is 11.3 Å². The molecular weight excluding hydrogens is 234 g/mol. The van der Waals surface area contributed by atoms with E-state index in [1.54, 1.807) is 16.8 Å². The lowest BCUT2D eigenvalue weighted by Gasteiger charge is -2.11. The van der Waals surface area contributed by atoms with E-state index in [0.29, 0.717) is 6.54 Å². The molecule has 0 saturated heterocycles. The van der Waals surface area contributed by atoms with Crippen LogP contribution in [0.5, 0.6) is 0 Å². The Kier molecular flexibility index (Phi) is 4.21. The lowest BCUT2D eigenvalue weighted by molar-refractivity contribution is 0.575. The molecular formula is C8H15N3O2S2. The number of primary sulfonamides is 1. The maximum Gasteiger partial charge on any atom is 0.210 e. The van der Waals surface area contributed by atoms with Gasteiger partial charge in [0.05, 0.1) is 17.0 Å². The second-order valence-electron chi connectivity index (χ2n) is 3.34. The van der Waals surface area contributed by atoms with E-state index < -0.39 is 10.0 Å². The number of nitrogens with two attached hydrogens (primary N) is 1.